The van der Waals surface area contributed by atoms with E-state index in [-0.39, 0.29) is 0 Å². The molecule has 2 aromatic rings. The number of halogens is 1. The molecular weight excluding hydrogens is 228 g/mol. The van der Waals surface area contributed by atoms with Crippen LogP contribution in [-0.2, 0) is 0 Å². The van der Waals surface area contributed by atoms with Crippen LogP contribution in [0.25, 0.3) is 10.8 Å². The van der Waals surface area contributed by atoms with Crippen molar-refractivity contribution in [1.29, 1.82) is 0 Å². The topological polar surface area (TPSA) is 0 Å². The summed E-state index contributed by atoms with van der Waals surface area (Å²) >= 11 is 5.63. The molecule has 2 aromatic carbocycles. The number of rotatable bonds is 3. The standard InChI is InChI=1S/C16H15Cl/c17-13-6-2-1-3-8-14-10-7-11-15-9-4-5-12-16(14)15/h4-5,7,9-12H,1-2,6,13H2. The van der Waals surface area contributed by atoms with Crippen molar-refractivity contribution in [3.63, 3.8) is 0 Å². The van der Waals surface area contributed by atoms with Crippen molar-refractivity contribution in [2.24, 2.45) is 0 Å². The summed E-state index contributed by atoms with van der Waals surface area (Å²) in [5, 5.41) is 2.49. The molecule has 0 amide bonds. The van der Waals surface area contributed by atoms with Crippen LogP contribution < -0.4 is 0 Å². The zero-order chi connectivity index (χ0) is 11.9. The Balaban J connectivity index is 2.18. The van der Waals surface area contributed by atoms with E-state index >= 15 is 0 Å². The molecule has 0 aromatic heterocycles. The maximum absolute atomic E-state index is 5.63. The minimum atomic E-state index is 0.732. The molecule has 0 atom stereocenters. The van der Waals surface area contributed by atoms with Crippen molar-refractivity contribution < 1.29 is 0 Å². The van der Waals surface area contributed by atoms with Gasteiger partial charge in [-0.25, -0.2) is 0 Å². The quantitative estimate of drug-likeness (QED) is 0.419. The van der Waals surface area contributed by atoms with Gasteiger partial charge in [0.05, 0.1) is 0 Å². The van der Waals surface area contributed by atoms with Gasteiger partial charge in [0.2, 0.25) is 0 Å². The molecule has 0 saturated heterocycles. The third kappa shape index (κ3) is 3.25. The molecule has 0 aliphatic rings. The highest BCUT2D eigenvalue weighted by Gasteiger charge is 1.95. The van der Waals surface area contributed by atoms with E-state index in [0.29, 0.717) is 0 Å². The summed E-state index contributed by atoms with van der Waals surface area (Å²) in [6.45, 7) is 0. The summed E-state index contributed by atoms with van der Waals surface area (Å²) in [6.07, 6.45) is 3.06. The number of alkyl halides is 1. The Labute approximate surface area is 108 Å². The first-order chi connectivity index (χ1) is 8.42. The minimum Gasteiger partial charge on any atom is -0.127 e. The zero-order valence-electron chi connectivity index (χ0n) is 9.75. The largest absolute Gasteiger partial charge is 0.127 e. The summed E-state index contributed by atoms with van der Waals surface area (Å²) in [4.78, 5) is 0. The van der Waals surface area contributed by atoms with Crippen molar-refractivity contribution in [2.75, 3.05) is 5.88 Å². The molecule has 0 aliphatic carbocycles. The van der Waals surface area contributed by atoms with Crippen molar-refractivity contribution in [3.8, 4) is 11.8 Å². The van der Waals surface area contributed by atoms with Crippen molar-refractivity contribution in [1.82, 2.24) is 0 Å². The Bertz CT molecular complexity index is 541. The highest BCUT2D eigenvalue weighted by Crippen LogP contribution is 2.17. The van der Waals surface area contributed by atoms with E-state index in [2.05, 4.69) is 54.3 Å². The zero-order valence-corrected chi connectivity index (χ0v) is 10.5. The average Bonchev–Trinajstić information content (AvgIpc) is 2.39. The molecule has 2 rings (SSSR count). The average molecular weight is 243 g/mol. The first-order valence-electron chi connectivity index (χ1n) is 5.94. The second-order valence-electron chi connectivity index (χ2n) is 3.97. The third-order valence-electron chi connectivity index (χ3n) is 2.70. The molecule has 0 nitrogen and oxygen atoms in total. The maximum atomic E-state index is 5.63. The van der Waals surface area contributed by atoms with Gasteiger partial charge in [0.25, 0.3) is 0 Å². The molecule has 0 fully saturated rings. The molecule has 0 heterocycles. The Hall–Kier alpha value is -1.45. The predicted octanol–water partition coefficient (Wildman–Crippen LogP) is 4.60. The SMILES string of the molecule is ClCCCCC#Cc1cccc2ccccc12. The van der Waals surface area contributed by atoms with E-state index in [1.165, 1.54) is 10.8 Å². The smallest absolute Gasteiger partial charge is 0.0323 e. The normalized spacial score (nSPS) is 9.94. The highest BCUT2D eigenvalue weighted by molar-refractivity contribution is 6.17. The number of unbranched alkanes of at least 4 members (excludes halogenated alkanes) is 2. The van der Waals surface area contributed by atoms with E-state index < -0.39 is 0 Å². The first kappa shape index (κ1) is 12.0. The van der Waals surface area contributed by atoms with Crippen LogP contribution in [0, 0.1) is 11.8 Å². The lowest BCUT2D eigenvalue weighted by Crippen LogP contribution is -1.79. The van der Waals surface area contributed by atoms with Gasteiger partial charge in [0.1, 0.15) is 0 Å². The van der Waals surface area contributed by atoms with E-state index in [0.717, 1.165) is 30.7 Å². The molecule has 0 aliphatic heterocycles. The Morgan fingerprint density at radius 2 is 1.76 bits per heavy atom. The van der Waals surface area contributed by atoms with Gasteiger partial charge in [-0.2, -0.15) is 0 Å². The molecular formula is C16H15Cl. The van der Waals surface area contributed by atoms with Gasteiger partial charge in [-0.05, 0) is 29.7 Å². The minimum absolute atomic E-state index is 0.732. The van der Waals surface area contributed by atoms with Gasteiger partial charge in [-0.1, -0.05) is 48.2 Å². The number of hydrogen-bond acceptors (Lipinski definition) is 0. The summed E-state index contributed by atoms with van der Waals surface area (Å²) in [5.41, 5.74) is 1.12. The fourth-order valence-corrected chi connectivity index (χ4v) is 1.99. The second-order valence-corrected chi connectivity index (χ2v) is 4.35. The molecule has 0 unspecified atom stereocenters. The molecule has 17 heavy (non-hydrogen) atoms. The van der Waals surface area contributed by atoms with Gasteiger partial charge in [-0.3, -0.25) is 0 Å². The van der Waals surface area contributed by atoms with Crippen LogP contribution in [0.3, 0.4) is 0 Å². The van der Waals surface area contributed by atoms with Crippen molar-refractivity contribution >= 4 is 22.4 Å². The number of benzene rings is 2. The Morgan fingerprint density at radius 3 is 2.65 bits per heavy atom. The fraction of sp³-hybridized carbons (Fsp3) is 0.250. The van der Waals surface area contributed by atoms with Crippen LogP contribution >= 0.6 is 11.6 Å². The van der Waals surface area contributed by atoms with E-state index in [1.807, 2.05) is 0 Å². The monoisotopic (exact) mass is 242 g/mol. The molecule has 0 spiro atoms. The van der Waals surface area contributed by atoms with E-state index in [4.69, 9.17) is 11.6 Å². The van der Waals surface area contributed by atoms with Crippen LogP contribution in [-0.4, -0.2) is 5.88 Å². The van der Waals surface area contributed by atoms with E-state index in [1.54, 1.807) is 0 Å². The van der Waals surface area contributed by atoms with Crippen LogP contribution in [0.15, 0.2) is 42.5 Å². The summed E-state index contributed by atoms with van der Waals surface area (Å²) < 4.78 is 0. The number of fused-ring (bicyclic) bond motifs is 1. The van der Waals surface area contributed by atoms with Gasteiger partial charge >= 0.3 is 0 Å². The van der Waals surface area contributed by atoms with Crippen LogP contribution in [0.5, 0.6) is 0 Å². The lowest BCUT2D eigenvalue weighted by Gasteiger charge is -1.99. The maximum Gasteiger partial charge on any atom is 0.0323 e. The third-order valence-corrected chi connectivity index (χ3v) is 2.97. The summed E-state index contributed by atoms with van der Waals surface area (Å²) in [7, 11) is 0. The van der Waals surface area contributed by atoms with Crippen LogP contribution in [0.4, 0.5) is 0 Å². The second kappa shape index (κ2) is 6.33. The highest BCUT2D eigenvalue weighted by atomic mass is 35.5. The molecule has 86 valence electrons. The van der Waals surface area contributed by atoms with Crippen molar-refractivity contribution in [3.05, 3.63) is 48.0 Å². The van der Waals surface area contributed by atoms with Crippen molar-refractivity contribution in [2.45, 2.75) is 19.3 Å². The Kier molecular flexibility index (Phi) is 4.47. The summed E-state index contributed by atoms with van der Waals surface area (Å²) in [6, 6.07) is 14.6. The molecule has 0 radical (unpaired) electrons. The summed E-state index contributed by atoms with van der Waals surface area (Å²) in [5.74, 6) is 7.21. The predicted molar refractivity (Wildman–Crippen MR) is 75.4 cm³/mol. The van der Waals surface area contributed by atoms with Gasteiger partial charge < -0.3 is 0 Å². The Morgan fingerprint density at radius 1 is 0.941 bits per heavy atom. The van der Waals surface area contributed by atoms with Crippen LogP contribution in [0.2, 0.25) is 0 Å². The number of hydrogen-bond donors (Lipinski definition) is 0. The van der Waals surface area contributed by atoms with Gasteiger partial charge in [0, 0.05) is 17.9 Å². The molecule has 0 N–H and O–H groups in total. The molecule has 1 heteroatoms. The lowest BCUT2D eigenvalue weighted by atomic mass is 10.0. The molecule has 0 saturated carbocycles. The first-order valence-corrected chi connectivity index (χ1v) is 6.48. The lowest BCUT2D eigenvalue weighted by molar-refractivity contribution is 0.833. The molecule has 0 bridgehead atoms. The van der Waals surface area contributed by atoms with E-state index in [9.17, 15) is 0 Å². The van der Waals surface area contributed by atoms with Crippen LogP contribution in [0.1, 0.15) is 24.8 Å². The van der Waals surface area contributed by atoms with Gasteiger partial charge in [-0.15, -0.1) is 11.6 Å². The fourth-order valence-electron chi connectivity index (χ4n) is 1.80. The van der Waals surface area contributed by atoms with Gasteiger partial charge in [0.15, 0.2) is 0 Å².